The lowest BCUT2D eigenvalue weighted by atomic mass is 9.51. The molecule has 7 heteroatoms. The van der Waals surface area contributed by atoms with E-state index in [4.69, 9.17) is 9.47 Å². The molecule has 0 aromatic carbocycles. The molecule has 0 aromatic heterocycles. The second-order valence-electron chi connectivity index (χ2n) is 7.79. The summed E-state index contributed by atoms with van der Waals surface area (Å²) in [5, 5.41) is 7.36. The van der Waals surface area contributed by atoms with Gasteiger partial charge in [-0.3, -0.25) is 4.99 Å². The summed E-state index contributed by atoms with van der Waals surface area (Å²) in [4.78, 5) is 6.97. The van der Waals surface area contributed by atoms with Crippen LogP contribution in [0.15, 0.2) is 4.99 Å². The van der Waals surface area contributed by atoms with Gasteiger partial charge in [0.2, 0.25) is 0 Å². The zero-order chi connectivity index (χ0) is 17.7. The van der Waals surface area contributed by atoms with E-state index in [9.17, 15) is 0 Å². The number of rotatable bonds is 7. The van der Waals surface area contributed by atoms with Crippen molar-refractivity contribution < 1.29 is 9.47 Å². The number of halogens is 1. The van der Waals surface area contributed by atoms with Gasteiger partial charge in [-0.25, -0.2) is 0 Å². The molecule has 1 spiro atoms. The van der Waals surface area contributed by atoms with Crippen molar-refractivity contribution in [1.82, 2.24) is 15.5 Å². The van der Waals surface area contributed by atoms with E-state index < -0.39 is 0 Å². The van der Waals surface area contributed by atoms with Crippen LogP contribution in [0.3, 0.4) is 0 Å². The zero-order valence-corrected chi connectivity index (χ0v) is 19.0. The van der Waals surface area contributed by atoms with Gasteiger partial charge in [0.05, 0.1) is 12.7 Å². The maximum absolute atomic E-state index is 5.96. The molecule has 26 heavy (non-hydrogen) atoms. The highest BCUT2D eigenvalue weighted by molar-refractivity contribution is 14.0. The largest absolute Gasteiger partial charge is 0.383 e. The summed E-state index contributed by atoms with van der Waals surface area (Å²) < 4.78 is 11.1. The third-order valence-corrected chi connectivity index (χ3v) is 6.51. The molecule has 2 N–H and O–H groups in total. The van der Waals surface area contributed by atoms with Gasteiger partial charge in [-0.05, 0) is 39.0 Å². The number of likely N-dealkylation sites (tertiary alicyclic amines) is 1. The Morgan fingerprint density at radius 1 is 1.23 bits per heavy atom. The summed E-state index contributed by atoms with van der Waals surface area (Å²) in [6.45, 7) is 7.07. The first kappa shape index (κ1) is 22.2. The lowest BCUT2D eigenvalue weighted by Crippen LogP contribution is -2.69. The molecule has 1 heterocycles. The molecule has 2 aliphatic carbocycles. The van der Waals surface area contributed by atoms with Crippen LogP contribution < -0.4 is 10.6 Å². The second-order valence-corrected chi connectivity index (χ2v) is 7.79. The minimum absolute atomic E-state index is 0. The Morgan fingerprint density at radius 3 is 2.50 bits per heavy atom. The molecule has 2 saturated carbocycles. The summed E-state index contributed by atoms with van der Waals surface area (Å²) in [6, 6.07) is 1.04. The summed E-state index contributed by atoms with van der Waals surface area (Å²) in [7, 11) is 3.66. The van der Waals surface area contributed by atoms with Crippen molar-refractivity contribution >= 4 is 29.9 Å². The fourth-order valence-electron chi connectivity index (χ4n) is 4.69. The number of guanidine groups is 1. The monoisotopic (exact) mass is 480 g/mol. The van der Waals surface area contributed by atoms with Gasteiger partial charge >= 0.3 is 0 Å². The molecule has 0 radical (unpaired) electrons. The van der Waals surface area contributed by atoms with Gasteiger partial charge < -0.3 is 25.0 Å². The predicted octanol–water partition coefficient (Wildman–Crippen LogP) is 2.23. The van der Waals surface area contributed by atoms with Crippen molar-refractivity contribution in [3.8, 4) is 0 Å². The summed E-state index contributed by atoms with van der Waals surface area (Å²) in [6.07, 6.45) is 7.83. The van der Waals surface area contributed by atoms with E-state index in [1.54, 1.807) is 7.11 Å². The number of aliphatic imine (C=N–C) groups is 1. The Balaban J connectivity index is 0.00000243. The van der Waals surface area contributed by atoms with Crippen LogP contribution in [0.1, 0.15) is 45.4 Å². The fourth-order valence-corrected chi connectivity index (χ4v) is 4.69. The molecule has 3 aliphatic rings. The number of ether oxygens (including phenoxy) is 2. The minimum atomic E-state index is 0. The molecule has 2 atom stereocenters. The highest BCUT2D eigenvalue weighted by Crippen LogP contribution is 2.57. The predicted molar refractivity (Wildman–Crippen MR) is 116 cm³/mol. The van der Waals surface area contributed by atoms with Gasteiger partial charge in [-0.1, -0.05) is 6.42 Å². The molecule has 0 aromatic rings. The van der Waals surface area contributed by atoms with Crippen molar-refractivity contribution in [3.05, 3.63) is 0 Å². The Bertz CT molecular complexity index is 451. The molecule has 6 nitrogen and oxygen atoms in total. The minimum Gasteiger partial charge on any atom is -0.383 e. The Hall–Kier alpha value is -0.120. The van der Waals surface area contributed by atoms with Crippen LogP contribution >= 0.6 is 24.0 Å². The van der Waals surface area contributed by atoms with Gasteiger partial charge in [0, 0.05) is 57.9 Å². The normalized spacial score (nSPS) is 28.8. The van der Waals surface area contributed by atoms with Gasteiger partial charge in [0.15, 0.2) is 5.96 Å². The average molecular weight is 480 g/mol. The molecule has 0 bridgehead atoms. The van der Waals surface area contributed by atoms with E-state index in [1.807, 2.05) is 7.05 Å². The molecule has 1 aliphatic heterocycles. The number of piperidine rings is 1. The molecule has 152 valence electrons. The number of hydrogen-bond acceptors (Lipinski definition) is 4. The Morgan fingerprint density at radius 2 is 1.96 bits per heavy atom. The van der Waals surface area contributed by atoms with Gasteiger partial charge in [0.25, 0.3) is 0 Å². The van der Waals surface area contributed by atoms with E-state index in [1.165, 1.54) is 32.1 Å². The van der Waals surface area contributed by atoms with Crippen molar-refractivity contribution in [2.75, 3.05) is 47.0 Å². The van der Waals surface area contributed by atoms with Crippen LogP contribution in [0.2, 0.25) is 0 Å². The lowest BCUT2D eigenvalue weighted by Gasteiger charge is -2.61. The van der Waals surface area contributed by atoms with E-state index in [0.717, 1.165) is 45.2 Å². The molecule has 3 fully saturated rings. The lowest BCUT2D eigenvalue weighted by molar-refractivity contribution is -0.168. The quantitative estimate of drug-likeness (QED) is 0.333. The van der Waals surface area contributed by atoms with Crippen LogP contribution in [-0.2, 0) is 9.47 Å². The Kier molecular flexibility index (Phi) is 8.90. The Labute approximate surface area is 175 Å². The maximum Gasteiger partial charge on any atom is 0.191 e. The highest BCUT2D eigenvalue weighted by atomic mass is 127. The average Bonchev–Trinajstić information content (AvgIpc) is 2.57. The molecule has 1 saturated heterocycles. The number of nitrogens with one attached hydrogen (secondary N) is 2. The van der Waals surface area contributed by atoms with Crippen LogP contribution in [-0.4, -0.2) is 76.1 Å². The molecule has 2 unspecified atom stereocenters. The fraction of sp³-hybridized carbons (Fsp3) is 0.947. The highest BCUT2D eigenvalue weighted by Gasteiger charge is 2.59. The van der Waals surface area contributed by atoms with Gasteiger partial charge in [-0.15, -0.1) is 24.0 Å². The maximum atomic E-state index is 5.96. The number of methoxy groups -OCH3 is 1. The number of hydrogen-bond donors (Lipinski definition) is 2. The second kappa shape index (κ2) is 10.4. The first-order chi connectivity index (χ1) is 12.2. The van der Waals surface area contributed by atoms with Crippen LogP contribution in [0.4, 0.5) is 0 Å². The summed E-state index contributed by atoms with van der Waals surface area (Å²) >= 11 is 0. The van der Waals surface area contributed by atoms with Crippen molar-refractivity contribution in [2.24, 2.45) is 10.4 Å². The summed E-state index contributed by atoms with van der Waals surface area (Å²) in [5.74, 6) is 0.974. The van der Waals surface area contributed by atoms with Crippen LogP contribution in [0.25, 0.3) is 0 Å². The third kappa shape index (κ3) is 4.83. The molecular formula is C19H37IN4O2. The smallest absolute Gasteiger partial charge is 0.191 e. The first-order valence-corrected chi connectivity index (χ1v) is 10.0. The van der Waals surface area contributed by atoms with Crippen LogP contribution in [0, 0.1) is 5.41 Å². The molecule has 3 rings (SSSR count). The molecular weight excluding hydrogens is 443 g/mol. The van der Waals surface area contributed by atoms with E-state index in [-0.39, 0.29) is 24.0 Å². The van der Waals surface area contributed by atoms with Gasteiger partial charge in [-0.2, -0.15) is 0 Å². The van der Waals surface area contributed by atoms with E-state index >= 15 is 0 Å². The van der Waals surface area contributed by atoms with Crippen molar-refractivity contribution in [2.45, 2.75) is 63.6 Å². The van der Waals surface area contributed by atoms with Crippen LogP contribution in [0.5, 0.6) is 0 Å². The number of nitrogens with zero attached hydrogens (tertiary/aromatic N) is 2. The van der Waals surface area contributed by atoms with Gasteiger partial charge in [0.1, 0.15) is 0 Å². The summed E-state index contributed by atoms with van der Waals surface area (Å²) in [5.41, 5.74) is 0.372. The molecule has 0 amide bonds. The SMILES string of the molecule is CCOC1CC(NC(=NC)NC2CCN(CCOC)CC2)C12CCC2.I. The van der Waals surface area contributed by atoms with E-state index in [0.29, 0.717) is 23.6 Å². The van der Waals surface area contributed by atoms with Crippen molar-refractivity contribution in [1.29, 1.82) is 0 Å². The van der Waals surface area contributed by atoms with E-state index in [2.05, 4.69) is 27.4 Å². The first-order valence-electron chi connectivity index (χ1n) is 10.0. The standard InChI is InChI=1S/C19H36N4O2.HI/c1-4-25-17-14-16(19(17)8-5-9-19)22-18(20-2)21-15-6-10-23(11-7-15)12-13-24-3;/h15-17H,4-14H2,1-3H3,(H2,20,21,22);1H. The van der Waals surface area contributed by atoms with Crippen molar-refractivity contribution in [3.63, 3.8) is 0 Å². The topological polar surface area (TPSA) is 58.1 Å². The zero-order valence-electron chi connectivity index (χ0n) is 16.6. The third-order valence-electron chi connectivity index (χ3n) is 6.51.